The highest BCUT2D eigenvalue weighted by Crippen LogP contribution is 2.42. The maximum absolute atomic E-state index is 11.4. The van der Waals surface area contributed by atoms with Gasteiger partial charge in [0.1, 0.15) is 5.75 Å². The number of benzene rings is 3. The molecule has 0 fully saturated rings. The van der Waals surface area contributed by atoms with E-state index in [1.165, 1.54) is 7.11 Å². The summed E-state index contributed by atoms with van der Waals surface area (Å²) >= 11 is 13.9. The van der Waals surface area contributed by atoms with Crippen molar-refractivity contribution in [2.45, 2.75) is 12.8 Å². The first-order chi connectivity index (χ1) is 18.5. The number of pyridine rings is 1. The zero-order valence-corrected chi connectivity index (χ0v) is 22.3. The number of ether oxygens (including phenoxy) is 2. The highest BCUT2D eigenvalue weighted by Gasteiger charge is 2.21. The van der Waals surface area contributed by atoms with E-state index in [0.717, 1.165) is 52.5 Å². The number of aryl methyl sites for hydroxylation is 1. The van der Waals surface area contributed by atoms with Gasteiger partial charge in [0.05, 0.1) is 41.1 Å². The Morgan fingerprint density at radius 2 is 1.45 bits per heavy atom. The van der Waals surface area contributed by atoms with Gasteiger partial charge in [0, 0.05) is 16.7 Å². The van der Waals surface area contributed by atoms with Crippen molar-refractivity contribution < 1.29 is 19.1 Å². The number of aldehydes is 2. The molecule has 0 spiro atoms. The Balaban J connectivity index is 1.57. The smallest absolute Gasteiger partial charge is 0.224 e. The lowest BCUT2D eigenvalue weighted by Crippen LogP contribution is -1.96. The Hall–Kier alpha value is -3.93. The molecule has 5 rings (SSSR count). The third-order valence-electron chi connectivity index (χ3n) is 6.73. The number of nitrogens with zero attached hydrogens (tertiary/aromatic N) is 1. The second-order valence-corrected chi connectivity index (χ2v) is 9.58. The van der Waals surface area contributed by atoms with Crippen LogP contribution in [0.2, 0.25) is 10.0 Å². The molecule has 4 aromatic rings. The number of halogens is 2. The van der Waals surface area contributed by atoms with Gasteiger partial charge in [-0.15, -0.1) is 0 Å². The Labute approximate surface area is 230 Å². The Kier molecular flexibility index (Phi) is 7.32. The minimum Gasteiger partial charge on any atom is -0.496 e. The summed E-state index contributed by atoms with van der Waals surface area (Å²) < 4.78 is 10.7. The average Bonchev–Trinajstić information content (AvgIpc) is 3.34. The zero-order valence-electron chi connectivity index (χ0n) is 20.8. The van der Waals surface area contributed by atoms with Gasteiger partial charge in [-0.05, 0) is 65.4 Å². The van der Waals surface area contributed by atoms with Gasteiger partial charge in [0.25, 0.3) is 0 Å². The van der Waals surface area contributed by atoms with Crippen LogP contribution in [0.4, 0.5) is 0 Å². The number of rotatable bonds is 7. The number of allylic oxidation sites excluding steroid dienone is 1. The summed E-state index contributed by atoms with van der Waals surface area (Å²) in [5, 5.41) is 1.07. The number of hydrogen-bond donors (Lipinski definition) is 0. The number of carbonyl (C=O) groups excluding carboxylic acids is 2. The van der Waals surface area contributed by atoms with Gasteiger partial charge >= 0.3 is 0 Å². The molecule has 5 nitrogen and oxygen atoms in total. The SMILES string of the molecule is COc1cc2c(cc1C=O)CCC2=Cc1cccc(-c2cccc(-c3ccc(C=O)c(OC)n3)c2Cl)c1Cl. The topological polar surface area (TPSA) is 65.5 Å². The van der Waals surface area contributed by atoms with Crippen molar-refractivity contribution in [2.75, 3.05) is 14.2 Å². The van der Waals surface area contributed by atoms with E-state index < -0.39 is 0 Å². The van der Waals surface area contributed by atoms with E-state index in [0.29, 0.717) is 44.5 Å². The largest absolute Gasteiger partial charge is 0.496 e. The molecular formula is C31H23Cl2NO4. The quantitative estimate of drug-likeness (QED) is 0.222. The molecule has 0 N–H and O–H groups in total. The van der Waals surface area contributed by atoms with Crippen LogP contribution in [0.1, 0.15) is 43.8 Å². The van der Waals surface area contributed by atoms with E-state index in [2.05, 4.69) is 11.1 Å². The molecule has 0 radical (unpaired) electrons. The van der Waals surface area contributed by atoms with E-state index in [9.17, 15) is 9.59 Å². The molecule has 3 aromatic carbocycles. The summed E-state index contributed by atoms with van der Waals surface area (Å²) in [6.45, 7) is 0. The van der Waals surface area contributed by atoms with Crippen molar-refractivity contribution in [2.24, 2.45) is 0 Å². The number of methoxy groups -OCH3 is 2. The first-order valence-electron chi connectivity index (χ1n) is 11.9. The molecule has 1 heterocycles. The van der Waals surface area contributed by atoms with Gasteiger partial charge in [0.15, 0.2) is 12.6 Å². The first-order valence-corrected chi connectivity index (χ1v) is 12.7. The predicted molar refractivity (Wildman–Crippen MR) is 152 cm³/mol. The molecule has 190 valence electrons. The average molecular weight is 544 g/mol. The van der Waals surface area contributed by atoms with Crippen LogP contribution < -0.4 is 9.47 Å². The van der Waals surface area contributed by atoms with Crippen molar-refractivity contribution in [1.82, 2.24) is 4.98 Å². The maximum atomic E-state index is 11.4. The molecule has 1 aromatic heterocycles. The van der Waals surface area contributed by atoms with Crippen molar-refractivity contribution in [3.05, 3.63) is 98.5 Å². The second kappa shape index (κ2) is 10.8. The Morgan fingerprint density at radius 1 is 0.737 bits per heavy atom. The maximum Gasteiger partial charge on any atom is 0.224 e. The number of fused-ring (bicyclic) bond motifs is 1. The normalized spacial score (nSPS) is 13.3. The van der Waals surface area contributed by atoms with Crippen LogP contribution in [0.5, 0.6) is 11.6 Å². The summed E-state index contributed by atoms with van der Waals surface area (Å²) in [7, 11) is 3.03. The van der Waals surface area contributed by atoms with Crippen molar-refractivity contribution >= 4 is 47.4 Å². The van der Waals surface area contributed by atoms with Crippen molar-refractivity contribution in [3.8, 4) is 34.0 Å². The van der Waals surface area contributed by atoms with Crippen LogP contribution in [-0.2, 0) is 6.42 Å². The Bertz CT molecular complexity index is 1610. The number of aromatic nitrogens is 1. The van der Waals surface area contributed by atoms with E-state index in [1.807, 2.05) is 48.5 Å². The summed E-state index contributed by atoms with van der Waals surface area (Å²) in [6.07, 6.45) is 5.28. The van der Waals surface area contributed by atoms with Crippen LogP contribution in [0.25, 0.3) is 34.0 Å². The minimum absolute atomic E-state index is 0.236. The van der Waals surface area contributed by atoms with Gasteiger partial charge in [-0.2, -0.15) is 0 Å². The van der Waals surface area contributed by atoms with Crippen molar-refractivity contribution in [1.29, 1.82) is 0 Å². The lowest BCUT2D eigenvalue weighted by Gasteiger charge is -2.14. The molecule has 0 bridgehead atoms. The molecule has 0 saturated heterocycles. The third kappa shape index (κ3) is 4.60. The fourth-order valence-electron chi connectivity index (χ4n) is 4.82. The molecule has 0 aliphatic heterocycles. The van der Waals surface area contributed by atoms with Crippen LogP contribution in [0.15, 0.2) is 60.7 Å². The van der Waals surface area contributed by atoms with Crippen LogP contribution in [-0.4, -0.2) is 31.8 Å². The highest BCUT2D eigenvalue weighted by atomic mass is 35.5. The van der Waals surface area contributed by atoms with E-state index >= 15 is 0 Å². The second-order valence-electron chi connectivity index (χ2n) is 8.83. The minimum atomic E-state index is 0.236. The fraction of sp³-hybridized carbons (Fsp3) is 0.129. The summed E-state index contributed by atoms with van der Waals surface area (Å²) in [5.41, 5.74) is 7.91. The van der Waals surface area contributed by atoms with E-state index in [1.54, 1.807) is 19.2 Å². The molecule has 0 amide bonds. The van der Waals surface area contributed by atoms with Crippen LogP contribution in [0.3, 0.4) is 0 Å². The van der Waals surface area contributed by atoms with E-state index in [4.69, 9.17) is 32.7 Å². The number of hydrogen-bond acceptors (Lipinski definition) is 5. The first kappa shape index (κ1) is 25.7. The summed E-state index contributed by atoms with van der Waals surface area (Å²) in [5.74, 6) is 0.792. The standard InChI is InChI=1S/C31H23Cl2NO4/c1-37-28-15-26-18(9-10-19(26)14-22(28)17-36)13-20-5-3-6-23(29(20)32)24-7-4-8-25(30(24)33)27-12-11-21(16-35)31(34-27)38-2/h3-8,11-17H,9-10H2,1-2H3. The summed E-state index contributed by atoms with van der Waals surface area (Å²) in [6, 6.07) is 18.7. The van der Waals surface area contributed by atoms with Crippen LogP contribution >= 0.6 is 23.2 Å². The molecule has 7 heteroatoms. The van der Waals surface area contributed by atoms with Crippen LogP contribution in [0, 0.1) is 0 Å². The summed E-state index contributed by atoms with van der Waals surface area (Å²) in [4.78, 5) is 27.2. The van der Waals surface area contributed by atoms with Crippen molar-refractivity contribution in [3.63, 3.8) is 0 Å². The highest BCUT2D eigenvalue weighted by molar-refractivity contribution is 6.38. The lowest BCUT2D eigenvalue weighted by molar-refractivity contribution is 0.111. The predicted octanol–water partition coefficient (Wildman–Crippen LogP) is 7.85. The molecule has 0 unspecified atom stereocenters. The van der Waals surface area contributed by atoms with Gasteiger partial charge in [0.2, 0.25) is 5.88 Å². The molecule has 38 heavy (non-hydrogen) atoms. The Morgan fingerprint density at radius 3 is 2.16 bits per heavy atom. The van der Waals surface area contributed by atoms with Gasteiger partial charge < -0.3 is 9.47 Å². The molecular weight excluding hydrogens is 521 g/mol. The van der Waals surface area contributed by atoms with Gasteiger partial charge in [-0.1, -0.05) is 59.6 Å². The number of carbonyl (C=O) groups is 2. The molecule has 1 aliphatic carbocycles. The molecule has 0 atom stereocenters. The zero-order chi connectivity index (χ0) is 26.8. The third-order valence-corrected chi connectivity index (χ3v) is 7.55. The fourth-order valence-corrected chi connectivity index (χ4v) is 5.43. The lowest BCUT2D eigenvalue weighted by atomic mass is 9.97. The molecule has 1 aliphatic rings. The monoisotopic (exact) mass is 543 g/mol. The van der Waals surface area contributed by atoms with Gasteiger partial charge in [-0.25, -0.2) is 4.98 Å². The van der Waals surface area contributed by atoms with E-state index in [-0.39, 0.29) is 5.88 Å². The van der Waals surface area contributed by atoms with Gasteiger partial charge in [-0.3, -0.25) is 9.59 Å². The molecule has 0 saturated carbocycles.